The Kier molecular flexibility index (Phi) is 5.93. The molecule has 0 bridgehead atoms. The maximum absolute atomic E-state index is 13.5. The second-order valence-corrected chi connectivity index (χ2v) is 6.64. The summed E-state index contributed by atoms with van der Waals surface area (Å²) in [5.74, 6) is -2.35. The van der Waals surface area contributed by atoms with Crippen molar-refractivity contribution in [1.82, 2.24) is 4.72 Å². The Bertz CT molecular complexity index is 937. The molecule has 0 spiro atoms. The van der Waals surface area contributed by atoms with Crippen LogP contribution in [-0.2, 0) is 14.8 Å². The second kappa shape index (κ2) is 7.96. The van der Waals surface area contributed by atoms with Crippen molar-refractivity contribution in [3.63, 3.8) is 0 Å². The van der Waals surface area contributed by atoms with Crippen LogP contribution in [0, 0.1) is 11.6 Å². The van der Waals surface area contributed by atoms with Gasteiger partial charge in [-0.1, -0.05) is 6.07 Å². The molecular weight excluding hydrogens is 368 g/mol. The number of methoxy groups -OCH3 is 2. The minimum atomic E-state index is -4.22. The van der Waals surface area contributed by atoms with Gasteiger partial charge < -0.3 is 9.47 Å². The minimum Gasteiger partial charge on any atom is -0.493 e. The van der Waals surface area contributed by atoms with Gasteiger partial charge in [0.25, 0.3) is 15.9 Å². The topological polar surface area (TPSA) is 81.7 Å². The maximum Gasteiger partial charge on any atom is 0.264 e. The third-order valence-electron chi connectivity index (χ3n) is 3.30. The number of hydrogen-bond acceptors (Lipinski definition) is 5. The molecule has 0 aromatic heterocycles. The van der Waals surface area contributed by atoms with Crippen LogP contribution in [0.2, 0.25) is 0 Å². The number of nitrogens with one attached hydrogen (secondary N) is 1. The lowest BCUT2D eigenvalue weighted by Gasteiger charge is -2.10. The van der Waals surface area contributed by atoms with Gasteiger partial charge in [0.15, 0.2) is 11.5 Å². The zero-order valence-corrected chi connectivity index (χ0v) is 14.6. The van der Waals surface area contributed by atoms with Gasteiger partial charge in [0.05, 0.1) is 19.1 Å². The molecule has 1 N–H and O–H groups in total. The van der Waals surface area contributed by atoms with Crippen LogP contribution in [-0.4, -0.2) is 28.5 Å². The third-order valence-corrected chi connectivity index (χ3v) is 4.65. The summed E-state index contributed by atoms with van der Waals surface area (Å²) in [5.41, 5.74) is -0.453. The minimum absolute atomic E-state index is 0.159. The number of carbonyl (C=O) groups is 1. The predicted octanol–water partition coefficient (Wildman–Crippen LogP) is 2.50. The van der Waals surface area contributed by atoms with Crippen molar-refractivity contribution in [2.75, 3.05) is 14.2 Å². The monoisotopic (exact) mass is 383 g/mol. The van der Waals surface area contributed by atoms with Crippen LogP contribution in [0.5, 0.6) is 11.5 Å². The number of halogens is 2. The Morgan fingerprint density at radius 2 is 1.65 bits per heavy atom. The van der Waals surface area contributed by atoms with E-state index in [1.165, 1.54) is 38.5 Å². The SMILES string of the molecule is COc1ccc(S(=O)(=O)NC(=O)/C=C/c2c(F)cccc2F)cc1OC. The molecule has 26 heavy (non-hydrogen) atoms. The smallest absolute Gasteiger partial charge is 0.264 e. The fraction of sp³-hybridized carbons (Fsp3) is 0.118. The van der Waals surface area contributed by atoms with E-state index in [1.807, 2.05) is 0 Å². The molecule has 2 rings (SSSR count). The van der Waals surface area contributed by atoms with Gasteiger partial charge in [-0.3, -0.25) is 4.79 Å². The van der Waals surface area contributed by atoms with Crippen LogP contribution >= 0.6 is 0 Å². The molecule has 0 unspecified atom stereocenters. The van der Waals surface area contributed by atoms with E-state index >= 15 is 0 Å². The second-order valence-electron chi connectivity index (χ2n) is 4.96. The Balaban J connectivity index is 2.21. The Morgan fingerprint density at radius 1 is 1.04 bits per heavy atom. The number of ether oxygens (including phenoxy) is 2. The molecule has 6 nitrogen and oxygen atoms in total. The molecule has 0 aliphatic carbocycles. The average Bonchev–Trinajstić information content (AvgIpc) is 2.60. The number of hydrogen-bond donors (Lipinski definition) is 1. The van der Waals surface area contributed by atoms with E-state index < -0.39 is 33.1 Å². The lowest BCUT2D eigenvalue weighted by Crippen LogP contribution is -2.29. The highest BCUT2D eigenvalue weighted by molar-refractivity contribution is 7.90. The van der Waals surface area contributed by atoms with Gasteiger partial charge in [-0.15, -0.1) is 0 Å². The van der Waals surface area contributed by atoms with Crippen LogP contribution in [0.1, 0.15) is 5.56 Å². The fourth-order valence-corrected chi connectivity index (χ4v) is 3.00. The highest BCUT2D eigenvalue weighted by Crippen LogP contribution is 2.29. The van der Waals surface area contributed by atoms with E-state index in [2.05, 4.69) is 0 Å². The Labute approximate surface area is 149 Å². The molecule has 0 aliphatic heterocycles. The zero-order valence-electron chi connectivity index (χ0n) is 13.8. The van der Waals surface area contributed by atoms with Crippen molar-refractivity contribution in [3.8, 4) is 11.5 Å². The molecule has 0 radical (unpaired) electrons. The van der Waals surface area contributed by atoms with Gasteiger partial charge in [-0.2, -0.15) is 0 Å². The largest absolute Gasteiger partial charge is 0.493 e. The lowest BCUT2D eigenvalue weighted by atomic mass is 10.2. The number of benzene rings is 2. The van der Waals surface area contributed by atoms with Crippen LogP contribution in [0.4, 0.5) is 8.78 Å². The first kappa shape index (κ1) is 19.4. The average molecular weight is 383 g/mol. The van der Waals surface area contributed by atoms with E-state index in [1.54, 1.807) is 4.72 Å². The molecule has 0 saturated heterocycles. The fourth-order valence-electron chi connectivity index (χ4n) is 2.04. The standard InChI is InChI=1S/C17H15F2NO5S/c1-24-15-8-6-11(10-16(15)25-2)26(22,23)20-17(21)9-7-12-13(18)4-3-5-14(12)19/h3-10H,1-2H3,(H,20,21)/b9-7+. The summed E-state index contributed by atoms with van der Waals surface area (Å²) in [6.07, 6.45) is 1.57. The molecule has 1 amide bonds. The summed E-state index contributed by atoms with van der Waals surface area (Å²) in [5, 5.41) is 0. The van der Waals surface area contributed by atoms with Gasteiger partial charge in [0, 0.05) is 17.7 Å². The van der Waals surface area contributed by atoms with Gasteiger partial charge in [0.1, 0.15) is 11.6 Å². The highest BCUT2D eigenvalue weighted by Gasteiger charge is 2.19. The summed E-state index contributed by atoms with van der Waals surface area (Å²) in [6, 6.07) is 6.96. The lowest BCUT2D eigenvalue weighted by molar-refractivity contribution is -0.114. The van der Waals surface area contributed by atoms with Gasteiger partial charge in [0.2, 0.25) is 0 Å². The van der Waals surface area contributed by atoms with Gasteiger partial charge in [-0.05, 0) is 30.3 Å². The molecule has 2 aromatic rings. The van der Waals surface area contributed by atoms with Crippen molar-refractivity contribution in [2.45, 2.75) is 4.90 Å². The van der Waals surface area contributed by atoms with E-state index in [-0.39, 0.29) is 10.6 Å². The van der Waals surface area contributed by atoms with Crippen molar-refractivity contribution < 1.29 is 31.5 Å². The number of rotatable bonds is 6. The van der Waals surface area contributed by atoms with Crippen molar-refractivity contribution >= 4 is 22.0 Å². The van der Waals surface area contributed by atoms with E-state index in [0.717, 1.165) is 24.3 Å². The van der Waals surface area contributed by atoms with E-state index in [4.69, 9.17) is 9.47 Å². The van der Waals surface area contributed by atoms with Crippen molar-refractivity contribution in [1.29, 1.82) is 0 Å². The van der Waals surface area contributed by atoms with Gasteiger partial charge >= 0.3 is 0 Å². The van der Waals surface area contributed by atoms with Crippen LogP contribution in [0.25, 0.3) is 6.08 Å². The predicted molar refractivity (Wildman–Crippen MR) is 90.3 cm³/mol. The maximum atomic E-state index is 13.5. The van der Waals surface area contributed by atoms with Crippen LogP contribution < -0.4 is 14.2 Å². The number of sulfonamides is 1. The molecule has 0 aliphatic rings. The summed E-state index contributed by atoms with van der Waals surface area (Å²) < 4.78 is 63.3. The normalized spacial score (nSPS) is 11.4. The van der Waals surface area contributed by atoms with E-state index in [0.29, 0.717) is 5.75 Å². The zero-order chi connectivity index (χ0) is 19.3. The van der Waals surface area contributed by atoms with Gasteiger partial charge in [-0.25, -0.2) is 21.9 Å². The first-order chi connectivity index (χ1) is 12.3. The molecule has 2 aromatic carbocycles. The molecule has 138 valence electrons. The highest BCUT2D eigenvalue weighted by atomic mass is 32.2. The molecule has 0 fully saturated rings. The van der Waals surface area contributed by atoms with Crippen molar-refractivity contribution in [2.24, 2.45) is 0 Å². The first-order valence-corrected chi connectivity index (χ1v) is 8.67. The van der Waals surface area contributed by atoms with Crippen LogP contribution in [0.3, 0.4) is 0 Å². The van der Waals surface area contributed by atoms with E-state index in [9.17, 15) is 22.0 Å². The Hall–Kier alpha value is -2.94. The summed E-state index contributed by atoms with van der Waals surface area (Å²) in [4.78, 5) is 11.6. The summed E-state index contributed by atoms with van der Waals surface area (Å²) >= 11 is 0. The molecule has 0 atom stereocenters. The summed E-state index contributed by atoms with van der Waals surface area (Å²) in [7, 11) is -1.49. The quantitative estimate of drug-likeness (QED) is 0.775. The first-order valence-electron chi connectivity index (χ1n) is 7.19. The van der Waals surface area contributed by atoms with Crippen LogP contribution in [0.15, 0.2) is 47.4 Å². The molecule has 9 heteroatoms. The number of amides is 1. The van der Waals surface area contributed by atoms with Crippen molar-refractivity contribution in [3.05, 3.63) is 59.7 Å². The Morgan fingerprint density at radius 3 is 2.23 bits per heavy atom. The molecule has 0 saturated carbocycles. The summed E-state index contributed by atoms with van der Waals surface area (Å²) in [6.45, 7) is 0. The third kappa shape index (κ3) is 4.37. The number of carbonyl (C=O) groups excluding carboxylic acids is 1. The molecule has 0 heterocycles. The molecular formula is C17H15F2NO5S.